The number of piperazine rings is 1. The standard InChI is InChI=1S/C29H33N3O/c1-21(2)33-26-10-8-24(9-11-26)27-12-13-29-28(27)18-25(19-30-29)23-6-4-22(5-7-23)20-32-16-14-31(3)15-17-32/h4-12,18-19,21H,13-17,20H2,1-3H3. The Bertz CT molecular complexity index is 1120. The van der Waals surface area contributed by atoms with Crippen LogP contribution in [-0.2, 0) is 13.0 Å². The van der Waals surface area contributed by atoms with Gasteiger partial charge in [0.1, 0.15) is 5.75 Å². The fraction of sp³-hybridized carbons (Fsp3) is 0.345. The average molecular weight is 440 g/mol. The van der Waals surface area contributed by atoms with E-state index in [4.69, 9.17) is 9.72 Å². The van der Waals surface area contributed by atoms with Crippen molar-refractivity contribution in [1.82, 2.24) is 14.8 Å². The molecule has 4 nitrogen and oxygen atoms in total. The number of likely N-dealkylation sites (N-methyl/N-ethyl adjacent to an activating group) is 1. The molecule has 1 saturated heterocycles. The molecular weight excluding hydrogens is 406 g/mol. The van der Waals surface area contributed by atoms with Gasteiger partial charge in [-0.1, -0.05) is 42.5 Å². The number of hydrogen-bond donors (Lipinski definition) is 0. The Hall–Kier alpha value is -2.95. The summed E-state index contributed by atoms with van der Waals surface area (Å²) in [5.41, 5.74) is 8.65. The van der Waals surface area contributed by atoms with Crippen molar-refractivity contribution in [3.63, 3.8) is 0 Å². The van der Waals surface area contributed by atoms with E-state index in [-0.39, 0.29) is 6.10 Å². The molecule has 170 valence electrons. The Morgan fingerprint density at radius 2 is 1.58 bits per heavy atom. The normalized spacial score (nSPS) is 16.7. The van der Waals surface area contributed by atoms with Crippen LogP contribution in [0.1, 0.15) is 36.2 Å². The monoisotopic (exact) mass is 439 g/mol. The minimum absolute atomic E-state index is 0.182. The number of allylic oxidation sites excluding steroid dienone is 1. The molecule has 4 heteroatoms. The van der Waals surface area contributed by atoms with Gasteiger partial charge in [0.05, 0.1) is 11.8 Å². The minimum atomic E-state index is 0.182. The average Bonchev–Trinajstić information content (AvgIpc) is 3.24. The van der Waals surface area contributed by atoms with E-state index >= 15 is 0 Å². The topological polar surface area (TPSA) is 28.6 Å². The summed E-state index contributed by atoms with van der Waals surface area (Å²) in [6, 6.07) is 19.7. The Labute approximate surface area is 197 Å². The summed E-state index contributed by atoms with van der Waals surface area (Å²) in [7, 11) is 2.20. The molecule has 0 N–H and O–H groups in total. The predicted octanol–water partition coefficient (Wildman–Crippen LogP) is 5.27. The number of ether oxygens (including phenoxy) is 1. The summed E-state index contributed by atoms with van der Waals surface area (Å²) in [4.78, 5) is 9.74. The summed E-state index contributed by atoms with van der Waals surface area (Å²) in [6.45, 7) is 9.73. The van der Waals surface area contributed by atoms with Crippen molar-refractivity contribution < 1.29 is 4.74 Å². The second-order valence-corrected chi connectivity index (χ2v) is 9.51. The Morgan fingerprint density at radius 3 is 2.27 bits per heavy atom. The summed E-state index contributed by atoms with van der Waals surface area (Å²) in [5.74, 6) is 0.913. The highest BCUT2D eigenvalue weighted by Gasteiger charge is 2.18. The lowest BCUT2D eigenvalue weighted by Crippen LogP contribution is -2.43. The first-order valence-corrected chi connectivity index (χ1v) is 12.0. The van der Waals surface area contributed by atoms with Crippen LogP contribution in [0.25, 0.3) is 16.7 Å². The van der Waals surface area contributed by atoms with Crippen molar-refractivity contribution in [3.8, 4) is 16.9 Å². The highest BCUT2D eigenvalue weighted by molar-refractivity contribution is 5.86. The first-order chi connectivity index (χ1) is 16.0. The van der Waals surface area contributed by atoms with Crippen molar-refractivity contribution in [2.45, 2.75) is 32.9 Å². The molecule has 1 fully saturated rings. The summed E-state index contributed by atoms with van der Waals surface area (Å²) in [5, 5.41) is 0. The molecule has 1 aliphatic carbocycles. The Kier molecular flexibility index (Phi) is 6.30. The van der Waals surface area contributed by atoms with Gasteiger partial charge < -0.3 is 9.64 Å². The Morgan fingerprint density at radius 1 is 0.879 bits per heavy atom. The van der Waals surface area contributed by atoms with Crippen LogP contribution in [0.4, 0.5) is 0 Å². The van der Waals surface area contributed by atoms with Crippen LogP contribution < -0.4 is 4.74 Å². The summed E-state index contributed by atoms with van der Waals surface area (Å²) in [6.07, 6.45) is 5.38. The third-order valence-electron chi connectivity index (χ3n) is 6.59. The minimum Gasteiger partial charge on any atom is -0.491 e. The molecule has 0 bridgehead atoms. The second-order valence-electron chi connectivity index (χ2n) is 9.51. The van der Waals surface area contributed by atoms with Crippen LogP contribution in [0.2, 0.25) is 0 Å². The van der Waals surface area contributed by atoms with E-state index in [2.05, 4.69) is 91.4 Å². The van der Waals surface area contributed by atoms with Gasteiger partial charge >= 0.3 is 0 Å². The molecule has 0 radical (unpaired) electrons. The molecule has 1 aromatic heterocycles. The lowest BCUT2D eigenvalue weighted by atomic mass is 9.97. The molecule has 2 aromatic carbocycles. The number of rotatable bonds is 6. The largest absolute Gasteiger partial charge is 0.491 e. The highest BCUT2D eigenvalue weighted by atomic mass is 16.5. The molecule has 0 spiro atoms. The smallest absolute Gasteiger partial charge is 0.119 e. The molecule has 1 aliphatic heterocycles. The zero-order valence-electron chi connectivity index (χ0n) is 19.9. The van der Waals surface area contributed by atoms with Crippen LogP contribution in [0, 0.1) is 0 Å². The molecule has 0 atom stereocenters. The van der Waals surface area contributed by atoms with Gasteiger partial charge in [-0.25, -0.2) is 0 Å². The maximum absolute atomic E-state index is 5.80. The van der Waals surface area contributed by atoms with Gasteiger partial charge in [0.2, 0.25) is 0 Å². The van der Waals surface area contributed by atoms with Gasteiger partial charge in [0.25, 0.3) is 0 Å². The van der Waals surface area contributed by atoms with Gasteiger partial charge in [-0.05, 0) is 61.4 Å². The maximum Gasteiger partial charge on any atom is 0.119 e. The van der Waals surface area contributed by atoms with E-state index in [0.717, 1.165) is 50.6 Å². The number of benzene rings is 2. The van der Waals surface area contributed by atoms with E-state index in [1.807, 2.05) is 6.20 Å². The molecule has 5 rings (SSSR count). The number of hydrogen-bond acceptors (Lipinski definition) is 4. The first-order valence-electron chi connectivity index (χ1n) is 12.0. The maximum atomic E-state index is 5.80. The lowest BCUT2D eigenvalue weighted by Gasteiger charge is -2.32. The van der Waals surface area contributed by atoms with E-state index in [0.29, 0.717) is 0 Å². The molecule has 0 amide bonds. The highest BCUT2D eigenvalue weighted by Crippen LogP contribution is 2.35. The molecule has 2 heterocycles. The van der Waals surface area contributed by atoms with Gasteiger partial charge in [0.15, 0.2) is 0 Å². The third-order valence-corrected chi connectivity index (χ3v) is 6.59. The lowest BCUT2D eigenvalue weighted by molar-refractivity contribution is 0.148. The van der Waals surface area contributed by atoms with E-state index in [1.54, 1.807) is 0 Å². The molecular formula is C29H33N3O. The van der Waals surface area contributed by atoms with Crippen molar-refractivity contribution in [3.05, 3.63) is 89.3 Å². The molecule has 0 unspecified atom stereocenters. The number of aromatic nitrogens is 1. The zero-order valence-corrected chi connectivity index (χ0v) is 19.9. The zero-order chi connectivity index (χ0) is 22.8. The number of pyridine rings is 1. The van der Waals surface area contributed by atoms with Crippen molar-refractivity contribution >= 4 is 5.57 Å². The number of fused-ring (bicyclic) bond motifs is 1. The Balaban J connectivity index is 1.32. The van der Waals surface area contributed by atoms with E-state index in [1.165, 1.54) is 33.4 Å². The van der Waals surface area contributed by atoms with Gasteiger partial charge in [-0.3, -0.25) is 9.88 Å². The predicted molar refractivity (Wildman–Crippen MR) is 135 cm³/mol. The van der Waals surface area contributed by atoms with Crippen LogP contribution in [-0.4, -0.2) is 54.1 Å². The quantitative estimate of drug-likeness (QED) is 0.523. The summed E-state index contributed by atoms with van der Waals surface area (Å²) >= 11 is 0. The van der Waals surface area contributed by atoms with E-state index in [9.17, 15) is 0 Å². The second kappa shape index (κ2) is 9.50. The van der Waals surface area contributed by atoms with Crippen LogP contribution in [0.3, 0.4) is 0 Å². The van der Waals surface area contributed by atoms with Crippen LogP contribution >= 0.6 is 0 Å². The summed E-state index contributed by atoms with van der Waals surface area (Å²) < 4.78 is 5.80. The van der Waals surface area contributed by atoms with Crippen molar-refractivity contribution in [1.29, 1.82) is 0 Å². The van der Waals surface area contributed by atoms with Gasteiger partial charge in [-0.15, -0.1) is 0 Å². The van der Waals surface area contributed by atoms with Gasteiger partial charge in [-0.2, -0.15) is 0 Å². The fourth-order valence-corrected chi connectivity index (χ4v) is 4.68. The number of nitrogens with zero attached hydrogens (tertiary/aromatic N) is 3. The van der Waals surface area contributed by atoms with E-state index < -0.39 is 0 Å². The molecule has 33 heavy (non-hydrogen) atoms. The molecule has 0 saturated carbocycles. The van der Waals surface area contributed by atoms with Crippen molar-refractivity contribution in [2.24, 2.45) is 0 Å². The van der Waals surface area contributed by atoms with Crippen molar-refractivity contribution in [2.75, 3.05) is 33.2 Å². The van der Waals surface area contributed by atoms with Crippen LogP contribution in [0.15, 0.2) is 66.9 Å². The third kappa shape index (κ3) is 5.02. The fourth-order valence-electron chi connectivity index (χ4n) is 4.68. The van der Waals surface area contributed by atoms with Gasteiger partial charge in [0, 0.05) is 56.5 Å². The first kappa shape index (κ1) is 21.9. The SMILES string of the molecule is CC(C)Oc1ccc(C2=CCc3ncc(-c4ccc(CN5CCN(C)CC5)cc4)cc32)cc1. The molecule has 2 aliphatic rings. The molecule has 3 aromatic rings. The van der Waals surface area contributed by atoms with Crippen LogP contribution in [0.5, 0.6) is 5.75 Å².